The van der Waals surface area contributed by atoms with E-state index in [1.807, 2.05) is 0 Å². The lowest BCUT2D eigenvalue weighted by Gasteiger charge is -2.30. The smallest absolute Gasteiger partial charge is 0.0654 e. The molecule has 0 amide bonds. The number of H-pyrrole nitrogens is 1. The highest BCUT2D eigenvalue weighted by Gasteiger charge is 2.29. The van der Waals surface area contributed by atoms with Crippen LogP contribution in [0.25, 0.3) is 10.9 Å². The molecule has 96 valence electrons. The molecule has 1 saturated carbocycles. The van der Waals surface area contributed by atoms with Crippen LogP contribution in [0.1, 0.15) is 25.0 Å². The van der Waals surface area contributed by atoms with Gasteiger partial charge in [0.1, 0.15) is 0 Å². The first-order valence-electron chi connectivity index (χ1n) is 6.74. The van der Waals surface area contributed by atoms with Gasteiger partial charge in [0.15, 0.2) is 0 Å². The van der Waals surface area contributed by atoms with Gasteiger partial charge in [-0.3, -0.25) is 0 Å². The second kappa shape index (κ2) is 4.32. The van der Waals surface area contributed by atoms with Crippen molar-refractivity contribution in [2.75, 3.05) is 11.9 Å². The fourth-order valence-corrected chi connectivity index (χ4v) is 3.33. The molecule has 1 aliphatic rings. The van der Waals surface area contributed by atoms with Crippen LogP contribution in [0.15, 0.2) is 24.3 Å². The summed E-state index contributed by atoms with van der Waals surface area (Å²) in [5.74, 6) is 0. The minimum Gasteiger partial charge on any atom is -0.368 e. The quantitative estimate of drug-likeness (QED) is 0.852. The molecule has 1 aromatic carbocycles. The van der Waals surface area contributed by atoms with E-state index in [1.165, 1.54) is 35.1 Å². The second-order valence-electron chi connectivity index (χ2n) is 5.42. The van der Waals surface area contributed by atoms with Crippen LogP contribution in [0.5, 0.6) is 0 Å². The zero-order valence-corrected chi connectivity index (χ0v) is 11.1. The van der Waals surface area contributed by atoms with Crippen LogP contribution in [0.3, 0.4) is 0 Å². The number of aromatic amines is 1. The molecule has 3 nitrogen and oxygen atoms in total. The van der Waals surface area contributed by atoms with E-state index < -0.39 is 0 Å². The summed E-state index contributed by atoms with van der Waals surface area (Å²) >= 11 is 0. The van der Waals surface area contributed by atoms with Gasteiger partial charge in [-0.2, -0.15) is 0 Å². The van der Waals surface area contributed by atoms with E-state index in [2.05, 4.69) is 48.1 Å². The summed E-state index contributed by atoms with van der Waals surface area (Å²) in [6, 6.07) is 9.27. The maximum atomic E-state index is 6.23. The third-order valence-electron chi connectivity index (χ3n) is 4.24. The molecule has 3 N–H and O–H groups in total. The van der Waals surface area contributed by atoms with Crippen molar-refractivity contribution >= 4 is 16.6 Å². The summed E-state index contributed by atoms with van der Waals surface area (Å²) < 4.78 is 0. The van der Waals surface area contributed by atoms with Crippen molar-refractivity contribution in [2.45, 2.75) is 38.3 Å². The topological polar surface area (TPSA) is 45.0 Å². The highest BCUT2D eigenvalue weighted by Crippen LogP contribution is 2.34. The van der Waals surface area contributed by atoms with Gasteiger partial charge in [0.25, 0.3) is 0 Å². The third kappa shape index (κ3) is 1.70. The Hall–Kier alpha value is -1.48. The van der Waals surface area contributed by atoms with Gasteiger partial charge in [0.2, 0.25) is 0 Å². The monoisotopic (exact) mass is 243 g/mol. The van der Waals surface area contributed by atoms with Crippen LogP contribution in [-0.4, -0.2) is 24.1 Å². The van der Waals surface area contributed by atoms with Crippen molar-refractivity contribution in [1.82, 2.24) is 4.98 Å². The van der Waals surface area contributed by atoms with Gasteiger partial charge in [0, 0.05) is 35.7 Å². The van der Waals surface area contributed by atoms with E-state index >= 15 is 0 Å². The molecular formula is C15H21N3. The fourth-order valence-electron chi connectivity index (χ4n) is 3.33. The summed E-state index contributed by atoms with van der Waals surface area (Å²) in [5, 5.41) is 1.30. The molecule has 18 heavy (non-hydrogen) atoms. The number of benzene rings is 1. The Balaban J connectivity index is 2.05. The fraction of sp³-hybridized carbons (Fsp3) is 0.467. The number of hydrogen-bond donors (Lipinski definition) is 2. The van der Waals surface area contributed by atoms with Crippen LogP contribution in [0, 0.1) is 6.92 Å². The molecule has 3 rings (SSSR count). The number of fused-ring (bicyclic) bond motifs is 1. The number of aromatic nitrogens is 1. The van der Waals surface area contributed by atoms with Crippen LogP contribution < -0.4 is 10.6 Å². The number of rotatable bonds is 2. The molecule has 1 aliphatic carbocycles. The molecule has 2 atom stereocenters. The van der Waals surface area contributed by atoms with Crippen LogP contribution in [0.4, 0.5) is 5.69 Å². The molecular weight excluding hydrogens is 222 g/mol. The molecule has 1 heterocycles. The van der Waals surface area contributed by atoms with Gasteiger partial charge >= 0.3 is 0 Å². The van der Waals surface area contributed by atoms with Crippen molar-refractivity contribution < 1.29 is 0 Å². The summed E-state index contributed by atoms with van der Waals surface area (Å²) in [6.45, 7) is 2.15. The Morgan fingerprint density at radius 1 is 1.28 bits per heavy atom. The van der Waals surface area contributed by atoms with Gasteiger partial charge in [-0.05, 0) is 32.3 Å². The van der Waals surface area contributed by atoms with Gasteiger partial charge in [-0.1, -0.05) is 18.2 Å². The first-order valence-corrected chi connectivity index (χ1v) is 6.74. The van der Waals surface area contributed by atoms with Crippen LogP contribution in [0.2, 0.25) is 0 Å². The molecule has 1 aromatic heterocycles. The van der Waals surface area contributed by atoms with Crippen molar-refractivity contribution in [3.05, 3.63) is 30.0 Å². The molecule has 3 heteroatoms. The lowest BCUT2D eigenvalue weighted by atomic mass is 10.1. The minimum absolute atomic E-state index is 0.308. The average Bonchev–Trinajstić information content (AvgIpc) is 2.91. The third-order valence-corrected chi connectivity index (χ3v) is 4.24. The van der Waals surface area contributed by atoms with E-state index in [-0.39, 0.29) is 0 Å². The van der Waals surface area contributed by atoms with Gasteiger partial charge in [-0.25, -0.2) is 0 Å². The largest absolute Gasteiger partial charge is 0.368 e. The first-order chi connectivity index (χ1) is 8.68. The average molecular weight is 243 g/mol. The van der Waals surface area contributed by atoms with Crippen molar-refractivity contribution in [2.24, 2.45) is 5.73 Å². The second-order valence-corrected chi connectivity index (χ2v) is 5.42. The number of para-hydroxylation sites is 1. The van der Waals surface area contributed by atoms with Crippen molar-refractivity contribution in [1.29, 1.82) is 0 Å². The van der Waals surface area contributed by atoms with Gasteiger partial charge in [0.05, 0.1) is 5.69 Å². The molecule has 2 aromatic rings. The number of nitrogens with two attached hydrogens (primary N) is 1. The number of hydrogen-bond acceptors (Lipinski definition) is 2. The number of aryl methyl sites for hydroxylation is 1. The van der Waals surface area contributed by atoms with E-state index in [4.69, 9.17) is 5.73 Å². The van der Waals surface area contributed by atoms with Crippen LogP contribution >= 0.6 is 0 Å². The summed E-state index contributed by atoms with van der Waals surface area (Å²) in [6.07, 6.45) is 3.60. The minimum atomic E-state index is 0.308. The zero-order chi connectivity index (χ0) is 12.7. The van der Waals surface area contributed by atoms with E-state index in [0.29, 0.717) is 12.1 Å². The predicted molar refractivity (Wildman–Crippen MR) is 77.1 cm³/mol. The Kier molecular flexibility index (Phi) is 2.78. The maximum absolute atomic E-state index is 6.23. The highest BCUT2D eigenvalue weighted by atomic mass is 15.2. The van der Waals surface area contributed by atoms with Gasteiger partial charge in [-0.15, -0.1) is 0 Å². The van der Waals surface area contributed by atoms with E-state index in [9.17, 15) is 0 Å². The first kappa shape index (κ1) is 11.6. The number of anilines is 1. The van der Waals surface area contributed by atoms with E-state index in [0.717, 1.165) is 6.42 Å². The normalized spacial score (nSPS) is 23.7. The van der Waals surface area contributed by atoms with Crippen LogP contribution in [-0.2, 0) is 0 Å². The van der Waals surface area contributed by atoms with E-state index in [1.54, 1.807) is 0 Å². The molecule has 0 aliphatic heterocycles. The number of nitrogens with one attached hydrogen (secondary N) is 1. The number of nitrogens with zero attached hydrogens (tertiary/aromatic N) is 1. The predicted octanol–water partition coefficient (Wildman–Crippen LogP) is 2.79. The lowest BCUT2D eigenvalue weighted by Crippen LogP contribution is -2.42. The summed E-state index contributed by atoms with van der Waals surface area (Å²) in [7, 11) is 2.18. The van der Waals surface area contributed by atoms with Crippen molar-refractivity contribution in [3.8, 4) is 0 Å². The number of likely N-dealkylation sites (N-methyl/N-ethyl adjacent to an activating group) is 1. The lowest BCUT2D eigenvalue weighted by molar-refractivity contribution is 0.573. The Morgan fingerprint density at radius 2 is 2.06 bits per heavy atom. The highest BCUT2D eigenvalue weighted by molar-refractivity contribution is 5.94. The maximum Gasteiger partial charge on any atom is 0.0654 e. The molecule has 0 bridgehead atoms. The Labute approximate surface area is 108 Å². The molecule has 0 saturated heterocycles. The zero-order valence-electron chi connectivity index (χ0n) is 11.1. The molecule has 0 radical (unpaired) electrons. The Bertz CT molecular complexity index is 558. The SMILES string of the molecule is Cc1[nH]c2ccccc2c1N(C)C1CCCC1N. The summed E-state index contributed by atoms with van der Waals surface area (Å²) in [5.41, 5.74) is 9.99. The molecule has 1 fully saturated rings. The Morgan fingerprint density at radius 3 is 2.78 bits per heavy atom. The summed E-state index contributed by atoms with van der Waals surface area (Å²) in [4.78, 5) is 5.84. The molecule has 2 unspecified atom stereocenters. The van der Waals surface area contributed by atoms with Gasteiger partial charge < -0.3 is 15.6 Å². The standard InChI is InChI=1S/C15H21N3/c1-10-15(11-6-3-4-8-13(11)17-10)18(2)14-9-5-7-12(14)16/h3-4,6,8,12,14,17H,5,7,9,16H2,1-2H3. The van der Waals surface area contributed by atoms with Crippen molar-refractivity contribution in [3.63, 3.8) is 0 Å². The molecule has 0 spiro atoms.